The molecule has 3 nitrogen and oxygen atoms in total. The van der Waals surface area contributed by atoms with Crippen LogP contribution in [0.4, 0.5) is 0 Å². The topological polar surface area (TPSA) is 38.7 Å². The predicted molar refractivity (Wildman–Crippen MR) is 291 cm³/mol. The Labute approximate surface area is 411 Å². The Morgan fingerprint density at radius 3 is 1.01 bits per heavy atom. The average molecular weight is 898 g/mol. The van der Waals surface area contributed by atoms with Gasteiger partial charge in [-0.3, -0.25) is 0 Å². The first-order valence-corrected chi connectivity index (χ1v) is 24.1. The lowest BCUT2D eigenvalue weighted by atomic mass is 9.74. The molecule has 0 aliphatic carbocycles. The lowest BCUT2D eigenvalue weighted by molar-refractivity contribution is 0.983. The summed E-state index contributed by atoms with van der Waals surface area (Å²) in [5.74, 6) is 1.75. The largest absolute Gasteiger partial charge is 0.208 e. The minimum atomic E-state index is -0.137. The van der Waals surface area contributed by atoms with Crippen LogP contribution in [0.3, 0.4) is 0 Å². The van der Waals surface area contributed by atoms with Crippen LogP contribution in [0.5, 0.6) is 0 Å². The van der Waals surface area contributed by atoms with E-state index in [2.05, 4.69) is 245 Å². The van der Waals surface area contributed by atoms with Crippen LogP contribution in [0.15, 0.2) is 249 Å². The molecule has 10 aromatic carbocycles. The molecular formula is C67H51N3. The molecule has 0 fully saturated rings. The monoisotopic (exact) mass is 897 g/mol. The summed E-state index contributed by atoms with van der Waals surface area (Å²) in [6.07, 6.45) is 0. The molecule has 0 saturated carbocycles. The van der Waals surface area contributed by atoms with Gasteiger partial charge in [-0.05, 0) is 110 Å². The van der Waals surface area contributed by atoms with E-state index in [4.69, 9.17) is 15.0 Å². The van der Waals surface area contributed by atoms with Gasteiger partial charge >= 0.3 is 0 Å². The number of hydrogen-bond acceptors (Lipinski definition) is 3. The zero-order valence-electron chi connectivity index (χ0n) is 39.6. The van der Waals surface area contributed by atoms with E-state index in [0.717, 1.165) is 33.4 Å². The number of benzene rings is 10. The fourth-order valence-corrected chi connectivity index (χ4v) is 10.0. The molecule has 11 aromatic rings. The summed E-state index contributed by atoms with van der Waals surface area (Å²) in [5.41, 5.74) is 22.2. The fourth-order valence-electron chi connectivity index (χ4n) is 10.0. The zero-order valence-corrected chi connectivity index (χ0v) is 39.6. The summed E-state index contributed by atoms with van der Waals surface area (Å²) in [5, 5.41) is 0. The molecule has 3 heteroatoms. The van der Waals surface area contributed by atoms with Crippen molar-refractivity contribution < 1.29 is 0 Å². The summed E-state index contributed by atoms with van der Waals surface area (Å²) >= 11 is 0. The smallest absolute Gasteiger partial charge is 0.164 e. The fraction of sp³-hybridized carbons (Fsp3) is 0.0597. The highest BCUT2D eigenvalue weighted by atomic mass is 15.0. The molecule has 0 spiro atoms. The SMILES string of the molecule is Cc1ccccc1-c1ccccc1C(c1ccccc1-c1ccccc1C)c1cccc(-c2ccc(-c3nc(-c4ccccc4)nc(-c4ccc(-c5ccccc5)cc4)n3)cc2)c1-c1ccccc1C. The number of aromatic nitrogens is 3. The van der Waals surface area contributed by atoms with Crippen molar-refractivity contribution >= 4 is 0 Å². The number of hydrogen-bond donors (Lipinski definition) is 0. The van der Waals surface area contributed by atoms with Gasteiger partial charge in [-0.25, -0.2) is 15.0 Å². The Hall–Kier alpha value is -8.79. The maximum Gasteiger partial charge on any atom is 0.164 e. The average Bonchev–Trinajstić information content (AvgIpc) is 3.42. The molecular weight excluding hydrogens is 847 g/mol. The second kappa shape index (κ2) is 19.4. The van der Waals surface area contributed by atoms with E-state index < -0.39 is 0 Å². The van der Waals surface area contributed by atoms with Crippen molar-refractivity contribution in [2.75, 3.05) is 0 Å². The van der Waals surface area contributed by atoms with Crippen LogP contribution in [-0.4, -0.2) is 15.0 Å². The molecule has 0 radical (unpaired) electrons. The first-order chi connectivity index (χ1) is 34.5. The minimum absolute atomic E-state index is 0.137. The van der Waals surface area contributed by atoms with Crippen molar-refractivity contribution in [1.82, 2.24) is 15.0 Å². The third kappa shape index (κ3) is 8.66. The van der Waals surface area contributed by atoms with Crippen molar-refractivity contribution in [2.24, 2.45) is 0 Å². The highest BCUT2D eigenvalue weighted by Gasteiger charge is 2.28. The maximum atomic E-state index is 5.14. The molecule has 0 amide bonds. The lowest BCUT2D eigenvalue weighted by Crippen LogP contribution is -2.10. The third-order valence-electron chi connectivity index (χ3n) is 13.6. The number of aryl methyl sites for hydroxylation is 3. The van der Waals surface area contributed by atoms with Crippen LogP contribution in [0, 0.1) is 20.8 Å². The molecule has 0 aliphatic rings. The van der Waals surface area contributed by atoms with E-state index in [0.29, 0.717) is 17.5 Å². The quantitative estimate of drug-likeness (QED) is 0.121. The van der Waals surface area contributed by atoms with Crippen molar-refractivity contribution in [3.05, 3.63) is 282 Å². The Bertz CT molecular complexity index is 3530. The Morgan fingerprint density at radius 2 is 0.543 bits per heavy atom. The Morgan fingerprint density at radius 1 is 0.229 bits per heavy atom. The van der Waals surface area contributed by atoms with Crippen molar-refractivity contribution in [1.29, 1.82) is 0 Å². The van der Waals surface area contributed by atoms with Crippen molar-refractivity contribution in [2.45, 2.75) is 26.7 Å². The van der Waals surface area contributed by atoms with Gasteiger partial charge in [0, 0.05) is 22.6 Å². The van der Waals surface area contributed by atoms with Crippen molar-refractivity contribution in [3.8, 4) is 89.8 Å². The summed E-state index contributed by atoms with van der Waals surface area (Å²) in [7, 11) is 0. The molecule has 0 atom stereocenters. The summed E-state index contributed by atoms with van der Waals surface area (Å²) in [4.78, 5) is 15.3. The standard InChI is InChI=1S/C67H51N3/c1-45-21-10-13-28-54(45)58-31-16-18-33-60(58)64(61-34-19-17-32-59(61)55-29-14-11-22-46(55)2)62-36-20-35-57(63(62)56-30-15-12-23-47(56)3)50-39-43-53(44-40-50)67-69-65(51-26-8-5-9-27-51)68-66(70-67)52-41-37-49(38-42-52)48-24-6-4-7-25-48/h4-44,64H,1-3H3. The second-order valence-electron chi connectivity index (χ2n) is 18.0. The van der Waals surface area contributed by atoms with E-state index in [-0.39, 0.29) is 5.92 Å². The van der Waals surface area contributed by atoms with Gasteiger partial charge in [0.25, 0.3) is 0 Å². The van der Waals surface area contributed by atoms with E-state index in [1.54, 1.807) is 0 Å². The van der Waals surface area contributed by atoms with Gasteiger partial charge in [0.2, 0.25) is 0 Å². The summed E-state index contributed by atoms with van der Waals surface area (Å²) in [6.45, 7) is 6.67. The molecule has 11 rings (SSSR count). The molecule has 0 saturated heterocycles. The molecule has 70 heavy (non-hydrogen) atoms. The Kier molecular flexibility index (Phi) is 12.2. The molecule has 1 aromatic heterocycles. The Balaban J connectivity index is 1.09. The van der Waals surface area contributed by atoms with Gasteiger partial charge in [-0.15, -0.1) is 0 Å². The summed E-state index contributed by atoms with van der Waals surface area (Å²) < 4.78 is 0. The maximum absolute atomic E-state index is 5.14. The molecule has 1 heterocycles. The van der Waals surface area contributed by atoms with E-state index >= 15 is 0 Å². The van der Waals surface area contributed by atoms with Crippen LogP contribution in [0.2, 0.25) is 0 Å². The lowest BCUT2D eigenvalue weighted by Gasteiger charge is -2.29. The van der Waals surface area contributed by atoms with Crippen LogP contribution in [-0.2, 0) is 0 Å². The van der Waals surface area contributed by atoms with Gasteiger partial charge in [0.05, 0.1) is 0 Å². The first-order valence-electron chi connectivity index (χ1n) is 24.1. The van der Waals surface area contributed by atoms with Crippen LogP contribution < -0.4 is 0 Å². The summed E-state index contributed by atoms with van der Waals surface area (Å²) in [6, 6.07) is 89.1. The zero-order chi connectivity index (χ0) is 47.4. The number of nitrogens with zero attached hydrogens (tertiary/aromatic N) is 3. The minimum Gasteiger partial charge on any atom is -0.208 e. The first kappa shape index (κ1) is 43.8. The van der Waals surface area contributed by atoms with Crippen LogP contribution in [0.25, 0.3) is 89.8 Å². The van der Waals surface area contributed by atoms with Gasteiger partial charge in [0.15, 0.2) is 17.5 Å². The second-order valence-corrected chi connectivity index (χ2v) is 18.0. The number of rotatable bonds is 11. The third-order valence-corrected chi connectivity index (χ3v) is 13.6. The van der Waals surface area contributed by atoms with Crippen LogP contribution in [0.1, 0.15) is 39.3 Å². The molecule has 0 unspecified atom stereocenters. The molecule has 334 valence electrons. The van der Waals surface area contributed by atoms with Gasteiger partial charge in [0.1, 0.15) is 0 Å². The van der Waals surface area contributed by atoms with Gasteiger partial charge < -0.3 is 0 Å². The predicted octanol–water partition coefficient (Wildman–Crippen LogP) is 17.3. The molecule has 0 N–H and O–H groups in total. The molecule has 0 aliphatic heterocycles. The van der Waals surface area contributed by atoms with E-state index in [9.17, 15) is 0 Å². The van der Waals surface area contributed by atoms with E-state index in [1.807, 2.05) is 24.3 Å². The van der Waals surface area contributed by atoms with Gasteiger partial charge in [-0.1, -0.05) is 249 Å². The van der Waals surface area contributed by atoms with E-state index in [1.165, 1.54) is 72.3 Å². The van der Waals surface area contributed by atoms with Crippen LogP contribution >= 0.6 is 0 Å². The molecule has 0 bridgehead atoms. The normalized spacial score (nSPS) is 11.2. The van der Waals surface area contributed by atoms with Gasteiger partial charge in [-0.2, -0.15) is 0 Å². The van der Waals surface area contributed by atoms with Crippen molar-refractivity contribution in [3.63, 3.8) is 0 Å². The highest BCUT2D eigenvalue weighted by Crippen LogP contribution is 2.48. The highest BCUT2D eigenvalue weighted by molar-refractivity contribution is 5.90.